The summed E-state index contributed by atoms with van der Waals surface area (Å²) < 4.78 is 5.00. The molecule has 0 radical (unpaired) electrons. The van der Waals surface area contributed by atoms with E-state index in [1.807, 2.05) is 6.92 Å². The molecule has 0 spiro atoms. The fourth-order valence-corrected chi connectivity index (χ4v) is 1.57. The molecule has 0 aliphatic carbocycles. The molecule has 4 heteroatoms. The summed E-state index contributed by atoms with van der Waals surface area (Å²) in [5.74, 6) is 0.489. The lowest BCUT2D eigenvalue weighted by Gasteiger charge is -2.06. The minimum Gasteiger partial charge on any atom is -0.439 e. The Morgan fingerprint density at radius 3 is 3.25 bits per heavy atom. The third-order valence-electron chi connectivity index (χ3n) is 1.34. The lowest BCUT2D eigenvalue weighted by atomic mass is 10.4. The molecule has 0 unspecified atom stereocenters. The molecule has 66 valence electrons. The van der Waals surface area contributed by atoms with Crippen molar-refractivity contribution in [1.29, 1.82) is 0 Å². The van der Waals surface area contributed by atoms with Gasteiger partial charge in [-0.2, -0.15) is 0 Å². The fraction of sp³-hybridized carbons (Fsp3) is 0.500. The molecule has 1 atom stereocenters. The summed E-state index contributed by atoms with van der Waals surface area (Å²) >= 11 is 1.61. The molecule has 0 N–H and O–H groups in total. The van der Waals surface area contributed by atoms with Gasteiger partial charge >= 0.3 is 5.97 Å². The molecule has 1 rings (SSSR count). The van der Waals surface area contributed by atoms with Gasteiger partial charge in [-0.3, -0.25) is 4.79 Å². The van der Waals surface area contributed by atoms with Gasteiger partial charge < -0.3 is 4.74 Å². The van der Waals surface area contributed by atoms with Crippen LogP contribution in [-0.2, 0) is 9.53 Å². The van der Waals surface area contributed by atoms with Gasteiger partial charge in [-0.1, -0.05) is 6.08 Å². The lowest BCUT2D eigenvalue weighted by Crippen LogP contribution is -2.15. The summed E-state index contributed by atoms with van der Waals surface area (Å²) in [7, 11) is 0. The zero-order chi connectivity index (χ0) is 8.97. The number of hydrogen-bond donors (Lipinski definition) is 0. The lowest BCUT2D eigenvalue weighted by molar-refractivity contribution is -0.146. The van der Waals surface area contributed by atoms with E-state index in [0.29, 0.717) is 0 Å². The molecule has 0 saturated heterocycles. The Morgan fingerprint density at radius 2 is 2.75 bits per heavy atom. The molecule has 0 aromatic heterocycles. The highest BCUT2D eigenvalue weighted by Gasteiger charge is 2.18. The molecule has 0 aromatic carbocycles. The van der Waals surface area contributed by atoms with E-state index < -0.39 is 0 Å². The fourth-order valence-electron chi connectivity index (χ4n) is 0.847. The van der Waals surface area contributed by atoms with Crippen molar-refractivity contribution < 1.29 is 9.53 Å². The van der Waals surface area contributed by atoms with Crippen LogP contribution in [-0.4, -0.2) is 23.0 Å². The first-order chi connectivity index (χ1) is 5.72. The number of rotatable bonds is 3. The third kappa shape index (κ3) is 2.70. The van der Waals surface area contributed by atoms with E-state index in [-0.39, 0.29) is 18.6 Å². The van der Waals surface area contributed by atoms with Gasteiger partial charge in [-0.25, -0.2) is 4.99 Å². The van der Waals surface area contributed by atoms with Crippen molar-refractivity contribution in [2.75, 3.05) is 5.75 Å². The monoisotopic (exact) mass is 185 g/mol. The standard InChI is InChI=1S/C8H11NO2S/c1-3-4-8(10)11-7-5-12-6(2)9-7/h3,7H,1,4-5H2,2H3/t7-/m0/s1. The summed E-state index contributed by atoms with van der Waals surface area (Å²) in [6.45, 7) is 5.36. The normalized spacial score (nSPS) is 21.8. The number of aliphatic imine (C=N–C) groups is 1. The largest absolute Gasteiger partial charge is 0.439 e. The van der Waals surface area contributed by atoms with E-state index in [2.05, 4.69) is 11.6 Å². The van der Waals surface area contributed by atoms with E-state index in [4.69, 9.17) is 4.74 Å². The number of hydrogen-bond acceptors (Lipinski definition) is 4. The topological polar surface area (TPSA) is 38.7 Å². The molecule has 1 aliphatic heterocycles. The van der Waals surface area contributed by atoms with Gasteiger partial charge in [0.1, 0.15) is 0 Å². The maximum atomic E-state index is 10.9. The first-order valence-electron chi connectivity index (χ1n) is 3.70. The molecular weight excluding hydrogens is 174 g/mol. The van der Waals surface area contributed by atoms with Crippen LogP contribution in [0.3, 0.4) is 0 Å². The summed E-state index contributed by atoms with van der Waals surface area (Å²) in [4.78, 5) is 15.0. The van der Waals surface area contributed by atoms with E-state index in [9.17, 15) is 4.79 Å². The summed E-state index contributed by atoms with van der Waals surface area (Å²) in [6, 6.07) is 0. The maximum absolute atomic E-state index is 10.9. The van der Waals surface area contributed by atoms with Crippen LogP contribution in [0.15, 0.2) is 17.6 Å². The average molecular weight is 185 g/mol. The Bertz CT molecular complexity index is 225. The van der Waals surface area contributed by atoms with Gasteiger partial charge in [-0.15, -0.1) is 18.3 Å². The summed E-state index contributed by atoms with van der Waals surface area (Å²) in [6.07, 6.45) is 1.51. The van der Waals surface area contributed by atoms with E-state index in [0.717, 1.165) is 10.8 Å². The maximum Gasteiger partial charge on any atom is 0.311 e. The summed E-state index contributed by atoms with van der Waals surface area (Å²) in [5, 5.41) is 0.978. The Balaban J connectivity index is 2.32. The highest BCUT2D eigenvalue weighted by molar-refractivity contribution is 8.14. The molecule has 0 aromatic rings. The van der Waals surface area contributed by atoms with Crippen LogP contribution < -0.4 is 0 Å². The molecule has 0 fully saturated rings. The number of ether oxygens (including phenoxy) is 1. The van der Waals surface area contributed by atoms with E-state index in [1.165, 1.54) is 6.08 Å². The van der Waals surface area contributed by atoms with Crippen molar-refractivity contribution in [3.05, 3.63) is 12.7 Å². The van der Waals surface area contributed by atoms with Crippen molar-refractivity contribution in [2.45, 2.75) is 19.6 Å². The molecule has 0 bridgehead atoms. The van der Waals surface area contributed by atoms with E-state index in [1.54, 1.807) is 11.8 Å². The minimum absolute atomic E-state index is 0.256. The number of esters is 1. The number of nitrogens with zero attached hydrogens (tertiary/aromatic N) is 1. The Kier molecular flexibility index (Phi) is 3.34. The molecular formula is C8H11NO2S. The van der Waals surface area contributed by atoms with Crippen LogP contribution in [0, 0.1) is 0 Å². The minimum atomic E-state index is -0.276. The molecule has 1 aliphatic rings. The third-order valence-corrected chi connectivity index (χ3v) is 2.31. The van der Waals surface area contributed by atoms with Crippen LogP contribution in [0.25, 0.3) is 0 Å². The second-order valence-electron chi connectivity index (χ2n) is 2.40. The molecule has 3 nitrogen and oxygen atoms in total. The van der Waals surface area contributed by atoms with Gasteiger partial charge in [-0.05, 0) is 6.92 Å². The number of carbonyl (C=O) groups excluding carboxylic acids is 1. The molecule has 1 heterocycles. The van der Waals surface area contributed by atoms with E-state index >= 15 is 0 Å². The Morgan fingerprint density at radius 1 is 2.00 bits per heavy atom. The van der Waals surface area contributed by atoms with Crippen LogP contribution in [0.1, 0.15) is 13.3 Å². The SMILES string of the molecule is C=CCC(=O)O[C@H]1CSC(C)=N1. The average Bonchev–Trinajstić information content (AvgIpc) is 2.36. The predicted octanol–water partition coefficient (Wildman–Crippen LogP) is 1.60. The van der Waals surface area contributed by atoms with Crippen LogP contribution in [0.5, 0.6) is 0 Å². The highest BCUT2D eigenvalue weighted by atomic mass is 32.2. The zero-order valence-electron chi connectivity index (χ0n) is 6.95. The smallest absolute Gasteiger partial charge is 0.311 e. The van der Waals surface area contributed by atoms with Gasteiger partial charge in [0.15, 0.2) is 0 Å². The van der Waals surface area contributed by atoms with Gasteiger partial charge in [0, 0.05) is 0 Å². The van der Waals surface area contributed by atoms with Crippen molar-refractivity contribution >= 4 is 22.8 Å². The number of thioether (sulfide) groups is 1. The van der Waals surface area contributed by atoms with Crippen LogP contribution in [0.4, 0.5) is 0 Å². The Labute approximate surface area is 75.9 Å². The van der Waals surface area contributed by atoms with Gasteiger partial charge in [0.05, 0.1) is 17.2 Å². The number of carbonyl (C=O) groups is 1. The molecule has 0 saturated carbocycles. The van der Waals surface area contributed by atoms with Crippen molar-refractivity contribution in [3.63, 3.8) is 0 Å². The Hall–Kier alpha value is -0.770. The second kappa shape index (κ2) is 4.30. The van der Waals surface area contributed by atoms with Gasteiger partial charge in [0.2, 0.25) is 6.23 Å². The van der Waals surface area contributed by atoms with Crippen LogP contribution >= 0.6 is 11.8 Å². The molecule has 12 heavy (non-hydrogen) atoms. The quantitative estimate of drug-likeness (QED) is 0.495. The van der Waals surface area contributed by atoms with Crippen molar-refractivity contribution in [1.82, 2.24) is 0 Å². The van der Waals surface area contributed by atoms with Crippen molar-refractivity contribution in [2.24, 2.45) is 4.99 Å². The first-order valence-corrected chi connectivity index (χ1v) is 4.68. The zero-order valence-corrected chi connectivity index (χ0v) is 7.76. The summed E-state index contributed by atoms with van der Waals surface area (Å²) in [5.41, 5.74) is 0. The van der Waals surface area contributed by atoms with Crippen LogP contribution in [0.2, 0.25) is 0 Å². The van der Waals surface area contributed by atoms with Crippen molar-refractivity contribution in [3.8, 4) is 0 Å². The molecule has 0 amide bonds. The second-order valence-corrected chi connectivity index (χ2v) is 3.61. The first kappa shape index (κ1) is 9.32. The van der Waals surface area contributed by atoms with Gasteiger partial charge in [0.25, 0.3) is 0 Å². The predicted molar refractivity (Wildman–Crippen MR) is 50.3 cm³/mol. The highest BCUT2D eigenvalue weighted by Crippen LogP contribution is 2.18.